The molecular formula is C17H23N5O. The Morgan fingerprint density at radius 3 is 2.61 bits per heavy atom. The van der Waals surface area contributed by atoms with Gasteiger partial charge in [-0.15, -0.1) is 5.10 Å². The summed E-state index contributed by atoms with van der Waals surface area (Å²) in [4.78, 5) is 14.1. The van der Waals surface area contributed by atoms with E-state index in [0.29, 0.717) is 12.3 Å². The van der Waals surface area contributed by atoms with Crippen LogP contribution in [0.4, 0.5) is 0 Å². The highest BCUT2D eigenvalue weighted by atomic mass is 16.2. The monoisotopic (exact) mass is 313 g/mol. The maximum absolute atomic E-state index is 12.1. The van der Waals surface area contributed by atoms with Crippen molar-refractivity contribution in [3.05, 3.63) is 36.2 Å². The van der Waals surface area contributed by atoms with E-state index in [1.54, 1.807) is 4.68 Å². The third kappa shape index (κ3) is 4.15. The first kappa shape index (κ1) is 15.6. The van der Waals surface area contributed by atoms with Crippen LogP contribution in [0.5, 0.6) is 0 Å². The summed E-state index contributed by atoms with van der Waals surface area (Å²) in [5, 5.41) is 11.9. The first-order chi connectivity index (χ1) is 11.3. The molecule has 23 heavy (non-hydrogen) atoms. The molecule has 0 atom stereocenters. The van der Waals surface area contributed by atoms with Gasteiger partial charge in [0, 0.05) is 25.9 Å². The third-order valence-electron chi connectivity index (χ3n) is 4.28. The summed E-state index contributed by atoms with van der Waals surface area (Å²) >= 11 is 0. The first-order valence-electron chi connectivity index (χ1n) is 8.45. The van der Waals surface area contributed by atoms with Gasteiger partial charge in [-0.2, -0.15) is 4.68 Å². The van der Waals surface area contributed by atoms with Gasteiger partial charge in [-0.1, -0.05) is 18.2 Å². The molecule has 0 spiro atoms. The van der Waals surface area contributed by atoms with Crippen molar-refractivity contribution < 1.29 is 4.79 Å². The number of rotatable bonds is 6. The minimum absolute atomic E-state index is 0.298. The van der Waals surface area contributed by atoms with Gasteiger partial charge in [0.2, 0.25) is 5.91 Å². The van der Waals surface area contributed by atoms with Crippen LogP contribution in [0.1, 0.15) is 44.3 Å². The molecule has 6 nitrogen and oxygen atoms in total. The van der Waals surface area contributed by atoms with E-state index in [-0.39, 0.29) is 0 Å². The third-order valence-corrected chi connectivity index (χ3v) is 4.28. The van der Waals surface area contributed by atoms with Crippen molar-refractivity contribution in [2.45, 2.75) is 44.9 Å². The zero-order valence-corrected chi connectivity index (χ0v) is 13.4. The number of tetrazole rings is 1. The quantitative estimate of drug-likeness (QED) is 0.768. The summed E-state index contributed by atoms with van der Waals surface area (Å²) in [5.74, 6) is 1.15. The second kappa shape index (κ2) is 7.85. The Morgan fingerprint density at radius 1 is 1.04 bits per heavy atom. The van der Waals surface area contributed by atoms with E-state index in [9.17, 15) is 4.79 Å². The molecule has 1 aromatic heterocycles. The van der Waals surface area contributed by atoms with Crippen molar-refractivity contribution in [1.29, 1.82) is 0 Å². The fourth-order valence-corrected chi connectivity index (χ4v) is 2.99. The highest BCUT2D eigenvalue weighted by molar-refractivity contribution is 5.76. The van der Waals surface area contributed by atoms with Gasteiger partial charge >= 0.3 is 0 Å². The smallest absolute Gasteiger partial charge is 0.222 e. The summed E-state index contributed by atoms with van der Waals surface area (Å²) in [6.07, 6.45) is 6.78. The van der Waals surface area contributed by atoms with Crippen molar-refractivity contribution in [3.63, 3.8) is 0 Å². The normalized spacial score (nSPS) is 14.9. The fraction of sp³-hybridized carbons (Fsp3) is 0.529. The topological polar surface area (TPSA) is 63.9 Å². The van der Waals surface area contributed by atoms with Crippen LogP contribution in [0.25, 0.3) is 5.69 Å². The van der Waals surface area contributed by atoms with Crippen molar-refractivity contribution in [2.75, 3.05) is 13.1 Å². The number of hydrogen-bond donors (Lipinski definition) is 0. The highest BCUT2D eigenvalue weighted by Gasteiger charge is 2.16. The molecule has 122 valence electrons. The molecular weight excluding hydrogens is 290 g/mol. The van der Waals surface area contributed by atoms with Crippen LogP contribution in [0.15, 0.2) is 30.3 Å². The number of carbonyl (C=O) groups excluding carboxylic acids is 1. The summed E-state index contributed by atoms with van der Waals surface area (Å²) in [6.45, 7) is 1.87. The maximum Gasteiger partial charge on any atom is 0.222 e. The Bertz CT molecular complexity index is 619. The lowest BCUT2D eigenvalue weighted by Crippen LogP contribution is -2.35. The highest BCUT2D eigenvalue weighted by Crippen LogP contribution is 2.13. The van der Waals surface area contributed by atoms with Gasteiger partial charge in [0.1, 0.15) is 0 Å². The summed E-state index contributed by atoms with van der Waals surface area (Å²) in [6, 6.07) is 9.88. The van der Waals surface area contributed by atoms with Crippen molar-refractivity contribution in [1.82, 2.24) is 25.1 Å². The van der Waals surface area contributed by atoms with E-state index in [4.69, 9.17) is 0 Å². The molecule has 2 aromatic rings. The molecule has 0 radical (unpaired) electrons. The molecule has 0 bridgehead atoms. The molecule has 1 amide bonds. The lowest BCUT2D eigenvalue weighted by molar-refractivity contribution is -0.132. The Kier molecular flexibility index (Phi) is 5.34. The molecule has 1 aliphatic heterocycles. The van der Waals surface area contributed by atoms with Crippen LogP contribution in [0.3, 0.4) is 0 Å². The SMILES string of the molecule is O=C(CCCCc1nnnn1-c1ccccc1)N1CCCCC1. The minimum Gasteiger partial charge on any atom is -0.343 e. The predicted molar refractivity (Wildman–Crippen MR) is 87.1 cm³/mol. The number of piperidine rings is 1. The number of hydrogen-bond acceptors (Lipinski definition) is 4. The maximum atomic E-state index is 12.1. The molecule has 0 saturated carbocycles. The molecule has 0 N–H and O–H groups in total. The Morgan fingerprint density at radius 2 is 1.83 bits per heavy atom. The van der Waals surface area contributed by atoms with Crippen LogP contribution in [0, 0.1) is 0 Å². The van der Waals surface area contributed by atoms with E-state index in [2.05, 4.69) is 15.5 Å². The molecule has 1 fully saturated rings. The number of unbranched alkanes of at least 4 members (excludes halogenated alkanes) is 1. The van der Waals surface area contributed by atoms with Gasteiger partial charge in [0.15, 0.2) is 5.82 Å². The summed E-state index contributed by atoms with van der Waals surface area (Å²) in [5.41, 5.74) is 0.969. The Hall–Kier alpha value is -2.24. The zero-order valence-electron chi connectivity index (χ0n) is 13.4. The van der Waals surface area contributed by atoms with E-state index >= 15 is 0 Å². The molecule has 0 unspecified atom stereocenters. The van der Waals surface area contributed by atoms with Gasteiger partial charge in [-0.05, 0) is 54.7 Å². The van der Waals surface area contributed by atoms with Crippen molar-refractivity contribution in [2.24, 2.45) is 0 Å². The number of likely N-dealkylation sites (tertiary alicyclic amines) is 1. The van der Waals surface area contributed by atoms with Crippen LogP contribution in [0.2, 0.25) is 0 Å². The fourth-order valence-electron chi connectivity index (χ4n) is 2.99. The number of carbonyl (C=O) groups is 1. The zero-order chi connectivity index (χ0) is 15.9. The van der Waals surface area contributed by atoms with E-state index in [1.807, 2.05) is 35.2 Å². The average molecular weight is 313 g/mol. The van der Waals surface area contributed by atoms with Crippen LogP contribution in [-0.4, -0.2) is 44.1 Å². The van der Waals surface area contributed by atoms with E-state index in [1.165, 1.54) is 6.42 Å². The lowest BCUT2D eigenvalue weighted by Gasteiger charge is -2.26. The standard InChI is InChI=1S/C17H23N5O/c23-17(21-13-7-2-8-14-21)12-6-5-11-16-18-19-20-22(16)15-9-3-1-4-10-15/h1,3-4,9-10H,2,5-8,11-14H2. The van der Waals surface area contributed by atoms with Gasteiger partial charge in [-0.25, -0.2) is 0 Å². The number of benzene rings is 1. The minimum atomic E-state index is 0.298. The van der Waals surface area contributed by atoms with Gasteiger partial charge in [0.25, 0.3) is 0 Å². The van der Waals surface area contributed by atoms with Crippen molar-refractivity contribution >= 4 is 5.91 Å². The van der Waals surface area contributed by atoms with Gasteiger partial charge in [0.05, 0.1) is 5.69 Å². The molecule has 3 rings (SSSR count). The predicted octanol–water partition coefficient (Wildman–Crippen LogP) is 2.39. The van der Waals surface area contributed by atoms with Crippen molar-refractivity contribution in [3.8, 4) is 5.69 Å². The molecule has 1 aliphatic rings. The Balaban J connectivity index is 1.46. The summed E-state index contributed by atoms with van der Waals surface area (Å²) < 4.78 is 1.77. The van der Waals surface area contributed by atoms with Crippen LogP contribution < -0.4 is 0 Å². The largest absolute Gasteiger partial charge is 0.343 e. The molecule has 0 aliphatic carbocycles. The second-order valence-corrected chi connectivity index (χ2v) is 5.99. The lowest BCUT2D eigenvalue weighted by atomic mass is 10.1. The van der Waals surface area contributed by atoms with Gasteiger partial charge < -0.3 is 4.90 Å². The molecule has 1 saturated heterocycles. The average Bonchev–Trinajstić information content (AvgIpc) is 3.08. The molecule has 6 heteroatoms. The number of amides is 1. The first-order valence-corrected chi connectivity index (χ1v) is 8.45. The van der Waals surface area contributed by atoms with Gasteiger partial charge in [-0.3, -0.25) is 4.79 Å². The number of nitrogens with zero attached hydrogens (tertiary/aromatic N) is 5. The Labute approximate surface area is 136 Å². The number of aromatic nitrogens is 4. The van der Waals surface area contributed by atoms with Crippen LogP contribution >= 0.6 is 0 Å². The number of aryl methyl sites for hydroxylation is 1. The molecule has 2 heterocycles. The van der Waals surface area contributed by atoms with Crippen LogP contribution in [-0.2, 0) is 11.2 Å². The summed E-state index contributed by atoms with van der Waals surface area (Å²) in [7, 11) is 0. The van der Waals surface area contributed by atoms with E-state index in [0.717, 1.165) is 56.7 Å². The number of para-hydroxylation sites is 1. The second-order valence-electron chi connectivity index (χ2n) is 5.99. The molecule has 1 aromatic carbocycles. The van der Waals surface area contributed by atoms with E-state index < -0.39 is 0 Å².